The van der Waals surface area contributed by atoms with Gasteiger partial charge in [-0.2, -0.15) is 0 Å². The minimum atomic E-state index is -2.01. The standard InChI is InChI=1S/C44H74FN3O12S/c1-14-32-44(10,54)36(50)27(6)48(41(61)46-30-17-15-16-29(45)19-30)22-23(2)20-42(8,53)38(60-40-34(49)31(47(11)12)18-24(3)56-40)25(4)35(26(5)39(52)58-32)59-33-21-43(9,55-13)37(51)28(7)57-33/h15-17,19,23-28,31-38,40,49-51,53-54H,14,18,20-22H2,1-13H3,(H,46,61)/t23-,24-,25+,26-,27-,28+,31+,32-,33+,34-,35+,36-,37+,38-,40+,42?,43-,44-/m1/s1. The van der Waals surface area contributed by atoms with Crippen LogP contribution in [-0.2, 0) is 33.2 Å². The number of hydrogen-bond acceptors (Lipinski definition) is 14. The number of nitrogens with zero attached hydrogens (tertiary/aromatic N) is 2. The molecule has 4 rings (SSSR count). The number of anilines is 1. The van der Waals surface area contributed by atoms with E-state index in [2.05, 4.69) is 5.32 Å². The van der Waals surface area contributed by atoms with E-state index in [0.717, 1.165) is 0 Å². The molecule has 6 N–H and O–H groups in total. The molecule has 1 aromatic rings. The van der Waals surface area contributed by atoms with Gasteiger partial charge >= 0.3 is 5.97 Å². The van der Waals surface area contributed by atoms with E-state index in [-0.39, 0.29) is 43.1 Å². The number of methoxy groups -OCH3 is 1. The van der Waals surface area contributed by atoms with Crippen molar-refractivity contribution in [2.45, 2.75) is 185 Å². The molecule has 0 aliphatic carbocycles. The first-order valence-corrected chi connectivity index (χ1v) is 22.0. The van der Waals surface area contributed by atoms with Crippen LogP contribution in [0.5, 0.6) is 0 Å². The number of halogens is 1. The molecule has 1 aromatic carbocycles. The molecule has 3 fully saturated rings. The number of aliphatic hydroxyl groups is 5. The minimum absolute atomic E-state index is 0.0593. The molecule has 0 amide bonds. The highest BCUT2D eigenvalue weighted by Crippen LogP contribution is 2.40. The van der Waals surface area contributed by atoms with Crippen molar-refractivity contribution in [3.8, 4) is 0 Å². The molecule has 17 heteroatoms. The van der Waals surface area contributed by atoms with Gasteiger partial charge in [0.1, 0.15) is 35.8 Å². The molecule has 15 nitrogen and oxygen atoms in total. The second kappa shape index (κ2) is 20.8. The molecule has 61 heavy (non-hydrogen) atoms. The first-order valence-electron chi connectivity index (χ1n) is 21.6. The van der Waals surface area contributed by atoms with Crippen molar-refractivity contribution in [3.05, 3.63) is 30.1 Å². The summed E-state index contributed by atoms with van der Waals surface area (Å²) >= 11 is 5.89. The average Bonchev–Trinajstić information content (AvgIpc) is 3.18. The number of rotatable bonds is 8. The summed E-state index contributed by atoms with van der Waals surface area (Å²) in [6.45, 7) is 17.2. The van der Waals surface area contributed by atoms with Crippen LogP contribution < -0.4 is 5.32 Å². The van der Waals surface area contributed by atoms with Crippen molar-refractivity contribution >= 4 is 29.0 Å². The van der Waals surface area contributed by atoms with Gasteiger partial charge in [0.05, 0.1) is 47.6 Å². The highest BCUT2D eigenvalue weighted by Gasteiger charge is 2.53. The molecule has 0 aromatic heterocycles. The van der Waals surface area contributed by atoms with E-state index in [0.29, 0.717) is 12.1 Å². The summed E-state index contributed by atoms with van der Waals surface area (Å²) in [5.41, 5.74) is -4.43. The predicted octanol–water partition coefficient (Wildman–Crippen LogP) is 3.81. The Morgan fingerprint density at radius 3 is 2.26 bits per heavy atom. The number of likely N-dealkylation sites (N-methyl/N-ethyl adjacent to an activating group) is 1. The molecule has 3 aliphatic rings. The van der Waals surface area contributed by atoms with E-state index < -0.39 is 108 Å². The summed E-state index contributed by atoms with van der Waals surface area (Å²) in [5.74, 6) is -3.60. The number of esters is 1. The summed E-state index contributed by atoms with van der Waals surface area (Å²) in [6.07, 6.45) is -9.57. The monoisotopic (exact) mass is 887 g/mol. The van der Waals surface area contributed by atoms with Crippen LogP contribution in [0.2, 0.25) is 0 Å². The van der Waals surface area contributed by atoms with Crippen LogP contribution in [0, 0.1) is 23.6 Å². The lowest BCUT2D eigenvalue weighted by molar-refractivity contribution is -0.318. The van der Waals surface area contributed by atoms with Gasteiger partial charge in [0, 0.05) is 37.7 Å². The molecular weight excluding hydrogens is 814 g/mol. The third-order valence-corrected chi connectivity index (χ3v) is 13.6. The van der Waals surface area contributed by atoms with Crippen LogP contribution >= 0.6 is 12.2 Å². The number of carbonyl (C=O) groups excluding carboxylic acids is 1. The molecule has 0 radical (unpaired) electrons. The van der Waals surface area contributed by atoms with E-state index in [4.69, 9.17) is 40.6 Å². The van der Waals surface area contributed by atoms with Gasteiger partial charge in [-0.05, 0) is 118 Å². The van der Waals surface area contributed by atoms with Crippen LogP contribution in [0.1, 0.15) is 94.9 Å². The smallest absolute Gasteiger partial charge is 0.311 e. The molecule has 18 atom stereocenters. The topological polar surface area (TPSA) is 192 Å². The fourth-order valence-electron chi connectivity index (χ4n) is 9.54. The van der Waals surface area contributed by atoms with Gasteiger partial charge in [-0.15, -0.1) is 0 Å². The van der Waals surface area contributed by atoms with E-state index in [1.165, 1.54) is 32.2 Å². The first-order chi connectivity index (χ1) is 28.3. The van der Waals surface area contributed by atoms with Gasteiger partial charge in [0.2, 0.25) is 0 Å². The Balaban J connectivity index is 1.86. The molecule has 3 saturated heterocycles. The summed E-state index contributed by atoms with van der Waals surface area (Å²) in [6, 6.07) is 4.52. The maximum atomic E-state index is 14.5. The Labute approximate surface area is 367 Å². The van der Waals surface area contributed by atoms with Crippen LogP contribution in [0.3, 0.4) is 0 Å². The normalized spacial score (nSPS) is 43.6. The van der Waals surface area contributed by atoms with Crippen molar-refractivity contribution in [3.63, 3.8) is 0 Å². The zero-order valence-electron chi connectivity index (χ0n) is 38.3. The molecule has 3 aliphatic heterocycles. The van der Waals surface area contributed by atoms with Crippen molar-refractivity contribution in [1.29, 1.82) is 0 Å². The van der Waals surface area contributed by atoms with E-state index >= 15 is 0 Å². The highest BCUT2D eigenvalue weighted by atomic mass is 32.1. The van der Waals surface area contributed by atoms with Gasteiger partial charge in [-0.3, -0.25) is 4.79 Å². The third-order valence-electron chi connectivity index (χ3n) is 13.2. The number of thiocarbonyl (C=S) groups is 1. The van der Waals surface area contributed by atoms with Crippen LogP contribution in [0.15, 0.2) is 24.3 Å². The van der Waals surface area contributed by atoms with E-state index in [9.17, 15) is 34.7 Å². The van der Waals surface area contributed by atoms with Gasteiger partial charge in [-0.25, -0.2) is 4.39 Å². The number of benzene rings is 1. The highest BCUT2D eigenvalue weighted by molar-refractivity contribution is 7.80. The lowest BCUT2D eigenvalue weighted by Crippen LogP contribution is -2.61. The van der Waals surface area contributed by atoms with Gasteiger partial charge in [-0.1, -0.05) is 26.8 Å². The minimum Gasteiger partial charge on any atom is -0.459 e. The summed E-state index contributed by atoms with van der Waals surface area (Å²) in [4.78, 5) is 18.0. The van der Waals surface area contributed by atoms with Crippen molar-refractivity contribution in [1.82, 2.24) is 9.80 Å². The van der Waals surface area contributed by atoms with Crippen LogP contribution in [0.4, 0.5) is 10.1 Å². The summed E-state index contributed by atoms with van der Waals surface area (Å²) in [5, 5.41) is 62.8. The zero-order valence-corrected chi connectivity index (χ0v) is 39.1. The van der Waals surface area contributed by atoms with Crippen LogP contribution in [0.25, 0.3) is 0 Å². The molecule has 350 valence electrons. The fourth-order valence-corrected chi connectivity index (χ4v) is 9.90. The number of ether oxygens (including phenoxy) is 6. The predicted molar refractivity (Wildman–Crippen MR) is 231 cm³/mol. The largest absolute Gasteiger partial charge is 0.459 e. The number of cyclic esters (lactones) is 1. The van der Waals surface area contributed by atoms with Crippen LogP contribution in [-0.4, -0.2) is 164 Å². The van der Waals surface area contributed by atoms with Gasteiger partial charge < -0.3 is 69.1 Å². The maximum Gasteiger partial charge on any atom is 0.311 e. The fraction of sp³-hybridized carbons (Fsp3) is 0.818. The quantitative estimate of drug-likeness (QED) is 0.163. The molecular formula is C44H74FN3O12S. The second-order valence-corrected chi connectivity index (χ2v) is 19.2. The van der Waals surface area contributed by atoms with Crippen molar-refractivity contribution in [2.24, 2.45) is 17.8 Å². The summed E-state index contributed by atoms with van der Waals surface area (Å²) in [7, 11) is 5.21. The molecule has 3 heterocycles. The molecule has 0 saturated carbocycles. The number of hydrogen-bond donors (Lipinski definition) is 6. The first kappa shape index (κ1) is 51.5. The van der Waals surface area contributed by atoms with Crippen molar-refractivity contribution in [2.75, 3.05) is 33.1 Å². The SMILES string of the molecule is CC[C@H]1OC(=O)[C@H](C)[C@@H](O[C@H]2C[C@@](C)(OC)[C@@H](O)[C@H](C)O2)[C@H](C)[C@@H](O[C@@H]2O[C@H](C)C[C@H](N(C)C)[C@H]2O)C(C)(O)C[C@@H](C)CN(C(=S)Nc2cccc(F)c2)[C@H](C)[C@@H](O)[C@]1(C)O. The Morgan fingerprint density at radius 2 is 1.67 bits per heavy atom. The maximum absolute atomic E-state index is 14.5. The average molecular weight is 888 g/mol. The lowest BCUT2D eigenvalue weighted by Gasteiger charge is -2.49. The number of aliphatic hydroxyl groups excluding tert-OH is 3. The molecule has 0 spiro atoms. The van der Waals surface area contributed by atoms with Crippen molar-refractivity contribution < 1.29 is 63.1 Å². The number of nitrogens with one attached hydrogen (secondary N) is 1. The Bertz CT molecular complexity index is 1610. The number of carbonyl (C=O) groups is 1. The molecule has 0 bridgehead atoms. The zero-order chi connectivity index (χ0) is 45.9. The Hall–Kier alpha value is -2.13. The van der Waals surface area contributed by atoms with E-state index in [1.54, 1.807) is 59.4 Å². The summed E-state index contributed by atoms with van der Waals surface area (Å²) < 4.78 is 52.1. The van der Waals surface area contributed by atoms with Gasteiger partial charge in [0.25, 0.3) is 0 Å². The van der Waals surface area contributed by atoms with Gasteiger partial charge in [0.15, 0.2) is 17.7 Å². The second-order valence-electron chi connectivity index (χ2n) is 18.8. The Kier molecular flexibility index (Phi) is 17.6. The van der Waals surface area contributed by atoms with E-state index in [1.807, 2.05) is 32.8 Å². The Morgan fingerprint density at radius 1 is 1.02 bits per heavy atom. The molecule has 1 unspecified atom stereocenters. The lowest BCUT2D eigenvalue weighted by atomic mass is 9.77. The third kappa shape index (κ3) is 12.0.